The smallest absolute Gasteiger partial charge is 0.335 e. The molecule has 0 aromatic heterocycles. The molecule has 1 aromatic rings. The number of nitrogens with zero attached hydrogens (tertiary/aromatic N) is 1. The van der Waals surface area contributed by atoms with Crippen LogP contribution in [0.5, 0.6) is 0 Å². The normalized spacial score (nSPS) is 40.8. The van der Waals surface area contributed by atoms with Crippen LogP contribution in [0, 0.1) is 56.7 Å². The molecule has 7 rings (SSSR count). The van der Waals surface area contributed by atoms with Crippen LogP contribution in [0.25, 0.3) is 5.57 Å². The maximum Gasteiger partial charge on any atom is 0.335 e. The fourth-order valence-electron chi connectivity index (χ4n) is 13.6. The Hall–Kier alpha value is -2.48. The maximum absolute atomic E-state index is 13.3. The molecule has 274 valence electrons. The predicted molar refractivity (Wildman–Crippen MR) is 196 cm³/mol. The summed E-state index contributed by atoms with van der Waals surface area (Å²) in [6, 6.07) is 7.48. The zero-order valence-electron chi connectivity index (χ0n) is 31.3. The Balaban J connectivity index is 1.13. The lowest BCUT2D eigenvalue weighted by atomic mass is 9.32. The highest BCUT2D eigenvalue weighted by molar-refractivity contribution is 5.88. The van der Waals surface area contributed by atoms with Crippen molar-refractivity contribution in [2.75, 3.05) is 46.1 Å². The minimum Gasteiger partial charge on any atom is -0.481 e. The second-order valence-corrected chi connectivity index (χ2v) is 18.4. The number of hydrogen-bond acceptors (Lipinski definition) is 5. The van der Waals surface area contributed by atoms with Crippen molar-refractivity contribution in [1.82, 2.24) is 4.90 Å². The second-order valence-electron chi connectivity index (χ2n) is 18.4. The third kappa shape index (κ3) is 5.38. The van der Waals surface area contributed by atoms with Crippen LogP contribution in [0.4, 0.5) is 0 Å². The minimum atomic E-state index is -0.888. The molecule has 0 amide bonds. The Morgan fingerprint density at radius 3 is 2.30 bits per heavy atom. The van der Waals surface area contributed by atoms with Gasteiger partial charge in [-0.3, -0.25) is 9.69 Å². The number of carbonyl (C=O) groups is 2. The number of morpholine rings is 1. The molecular weight excluding hydrogens is 626 g/mol. The Labute approximate surface area is 299 Å². The van der Waals surface area contributed by atoms with Gasteiger partial charge in [0.2, 0.25) is 0 Å². The lowest BCUT2D eigenvalue weighted by Gasteiger charge is -2.72. The summed E-state index contributed by atoms with van der Waals surface area (Å²) in [5.74, 6) is 0.272. The lowest BCUT2D eigenvalue weighted by Crippen LogP contribution is -2.66. The summed E-state index contributed by atoms with van der Waals surface area (Å²) in [4.78, 5) is 27.2. The fraction of sp³-hybridized carbons (Fsp3) is 0.721. The Morgan fingerprint density at radius 1 is 0.900 bits per heavy atom. The summed E-state index contributed by atoms with van der Waals surface area (Å²) in [7, 11) is 0. The molecule has 4 saturated carbocycles. The average molecular weight is 688 g/mol. The molecule has 1 aliphatic heterocycles. The van der Waals surface area contributed by atoms with Crippen LogP contribution in [0.3, 0.4) is 0 Å². The van der Waals surface area contributed by atoms with Gasteiger partial charge >= 0.3 is 11.9 Å². The quantitative estimate of drug-likeness (QED) is 0.199. The minimum absolute atomic E-state index is 0.0437. The van der Waals surface area contributed by atoms with Crippen molar-refractivity contribution in [1.29, 1.82) is 0 Å². The van der Waals surface area contributed by atoms with Gasteiger partial charge in [0.05, 0.1) is 37.4 Å². The zero-order chi connectivity index (χ0) is 35.7. The summed E-state index contributed by atoms with van der Waals surface area (Å²) in [5, 5.41) is 20.4. The molecule has 5 aliphatic carbocycles. The summed E-state index contributed by atoms with van der Waals surface area (Å²) in [5.41, 5.74) is 3.56. The van der Waals surface area contributed by atoms with Gasteiger partial charge in [-0.1, -0.05) is 59.4 Å². The van der Waals surface area contributed by atoms with Crippen molar-refractivity contribution in [3.63, 3.8) is 0 Å². The molecule has 7 nitrogen and oxygen atoms in total. The predicted octanol–water partition coefficient (Wildman–Crippen LogP) is 8.45. The van der Waals surface area contributed by atoms with Crippen LogP contribution in [-0.2, 0) is 14.3 Å². The molecule has 0 radical (unpaired) electrons. The number of hydrogen-bond donors (Lipinski definition) is 2. The SMILES string of the molecule is C=C(COCCN1CCOCC1)[C@@H]1CC[C@]2(C(=O)O)CC[C@]3(C)[C@H](CC[C@@H]4[C@@]5(C)CC=C(c6ccc(C(=O)O)cc6)C(C)(C)[C@@H]5CC[C@]43C)[C@@H]12. The molecule has 0 unspecified atom stereocenters. The molecule has 0 bridgehead atoms. The van der Waals surface area contributed by atoms with Crippen LogP contribution in [0.1, 0.15) is 108 Å². The van der Waals surface area contributed by atoms with E-state index in [1.165, 1.54) is 12.0 Å². The molecule has 0 spiro atoms. The van der Waals surface area contributed by atoms with E-state index >= 15 is 0 Å². The fourth-order valence-corrected chi connectivity index (χ4v) is 13.6. The molecule has 1 heterocycles. The molecule has 7 heteroatoms. The molecule has 5 fully saturated rings. The number of fused-ring (bicyclic) bond motifs is 7. The van der Waals surface area contributed by atoms with Crippen LogP contribution >= 0.6 is 0 Å². The van der Waals surface area contributed by atoms with E-state index in [1.54, 1.807) is 12.1 Å². The first kappa shape index (κ1) is 35.9. The van der Waals surface area contributed by atoms with Crippen LogP contribution in [-0.4, -0.2) is 73.1 Å². The number of rotatable bonds is 9. The second kappa shape index (κ2) is 12.9. The van der Waals surface area contributed by atoms with Gasteiger partial charge in [0.1, 0.15) is 0 Å². The van der Waals surface area contributed by atoms with Gasteiger partial charge in [0, 0.05) is 19.6 Å². The number of benzene rings is 1. The van der Waals surface area contributed by atoms with Crippen LogP contribution in [0.2, 0.25) is 0 Å². The number of aliphatic carboxylic acids is 1. The van der Waals surface area contributed by atoms with Gasteiger partial charge in [0.15, 0.2) is 0 Å². The topological polar surface area (TPSA) is 96.3 Å². The van der Waals surface area contributed by atoms with Crippen molar-refractivity contribution in [2.45, 2.75) is 92.4 Å². The monoisotopic (exact) mass is 687 g/mol. The molecule has 9 atom stereocenters. The molecule has 6 aliphatic rings. The van der Waals surface area contributed by atoms with Gasteiger partial charge < -0.3 is 19.7 Å². The van der Waals surface area contributed by atoms with Gasteiger partial charge in [-0.15, -0.1) is 0 Å². The van der Waals surface area contributed by atoms with E-state index in [9.17, 15) is 19.8 Å². The third-order valence-corrected chi connectivity index (χ3v) is 16.3. The first-order valence-corrected chi connectivity index (χ1v) is 19.5. The highest BCUT2D eigenvalue weighted by atomic mass is 16.5. The lowest BCUT2D eigenvalue weighted by molar-refractivity contribution is -0.228. The highest BCUT2D eigenvalue weighted by Gasteiger charge is 2.71. The van der Waals surface area contributed by atoms with E-state index in [0.29, 0.717) is 36.5 Å². The molecule has 1 aromatic carbocycles. The van der Waals surface area contributed by atoms with Crippen molar-refractivity contribution in [3.05, 3.63) is 53.6 Å². The first-order valence-electron chi connectivity index (χ1n) is 19.5. The third-order valence-electron chi connectivity index (χ3n) is 16.3. The first-order chi connectivity index (χ1) is 23.7. The number of carboxylic acids is 2. The van der Waals surface area contributed by atoms with Crippen molar-refractivity contribution < 1.29 is 29.3 Å². The average Bonchev–Trinajstić information content (AvgIpc) is 3.49. The van der Waals surface area contributed by atoms with E-state index in [0.717, 1.165) is 95.4 Å². The van der Waals surface area contributed by atoms with E-state index in [1.807, 2.05) is 12.1 Å². The van der Waals surface area contributed by atoms with E-state index in [4.69, 9.17) is 9.47 Å². The van der Waals surface area contributed by atoms with Crippen molar-refractivity contribution in [2.24, 2.45) is 56.7 Å². The molecule has 50 heavy (non-hydrogen) atoms. The van der Waals surface area contributed by atoms with E-state index in [-0.39, 0.29) is 33.5 Å². The van der Waals surface area contributed by atoms with Crippen LogP contribution in [0.15, 0.2) is 42.5 Å². The number of allylic oxidation sites excluding steroid dienone is 2. The Morgan fingerprint density at radius 2 is 1.62 bits per heavy atom. The van der Waals surface area contributed by atoms with Crippen molar-refractivity contribution >= 4 is 17.5 Å². The number of aromatic carboxylic acids is 1. The Bertz CT molecular complexity index is 1530. The Kier molecular flexibility index (Phi) is 9.25. The number of ether oxygens (including phenoxy) is 2. The largest absolute Gasteiger partial charge is 0.481 e. The van der Waals surface area contributed by atoms with E-state index < -0.39 is 17.4 Å². The van der Waals surface area contributed by atoms with Gasteiger partial charge in [-0.25, -0.2) is 4.79 Å². The van der Waals surface area contributed by atoms with Gasteiger partial charge in [-0.05, 0) is 138 Å². The molecule has 2 N–H and O–H groups in total. The van der Waals surface area contributed by atoms with Gasteiger partial charge in [-0.2, -0.15) is 0 Å². The van der Waals surface area contributed by atoms with E-state index in [2.05, 4.69) is 52.2 Å². The number of carboxylic acid groups (broad SMARTS) is 2. The van der Waals surface area contributed by atoms with Crippen molar-refractivity contribution in [3.8, 4) is 0 Å². The summed E-state index contributed by atoms with van der Waals surface area (Å²) in [6.07, 6.45) is 11.5. The zero-order valence-corrected chi connectivity index (χ0v) is 31.3. The summed E-state index contributed by atoms with van der Waals surface area (Å²) >= 11 is 0. The van der Waals surface area contributed by atoms with Crippen LogP contribution < -0.4 is 0 Å². The standard InChI is InChI=1S/C43H61NO6/c1-28(27-50-26-23-44-21-24-49-25-22-44)31-13-18-43(38(47)48)20-19-41(5)33(36(31)43)11-12-35-40(4)16-14-32(29-7-9-30(10-8-29)37(45)46)39(2,3)34(40)15-17-42(35,41)6/h7-10,14,31,33-36H,1,11-13,15-27H2,2-6H3,(H,45,46)(H,47,48)/t31-,33+,34-,35+,36+,40-,41+,42+,43-/m0/s1. The molecular formula is C43H61NO6. The summed E-state index contributed by atoms with van der Waals surface area (Å²) in [6.45, 7) is 22.7. The highest BCUT2D eigenvalue weighted by Crippen LogP contribution is 2.77. The van der Waals surface area contributed by atoms with Gasteiger partial charge in [0.25, 0.3) is 0 Å². The molecule has 1 saturated heterocycles. The maximum atomic E-state index is 13.3. The summed E-state index contributed by atoms with van der Waals surface area (Å²) < 4.78 is 11.7.